The number of aryl methyl sites for hydroxylation is 1. The first-order valence-electron chi connectivity index (χ1n) is 5.26. The summed E-state index contributed by atoms with van der Waals surface area (Å²) in [5, 5.41) is 2.71. The zero-order chi connectivity index (χ0) is 13.1. The van der Waals surface area contributed by atoms with Gasteiger partial charge in [0.1, 0.15) is 14.9 Å². The van der Waals surface area contributed by atoms with E-state index in [1.165, 1.54) is 6.20 Å². The highest BCUT2D eigenvalue weighted by molar-refractivity contribution is 9.11. The Balaban J connectivity index is 2.21. The molecule has 0 aliphatic rings. The van der Waals surface area contributed by atoms with Crippen molar-refractivity contribution in [2.75, 3.05) is 5.32 Å². The second kappa shape index (κ2) is 5.62. The van der Waals surface area contributed by atoms with Gasteiger partial charge in [0, 0.05) is 12.7 Å². The van der Waals surface area contributed by atoms with E-state index in [0.717, 1.165) is 6.54 Å². The van der Waals surface area contributed by atoms with Crippen molar-refractivity contribution < 1.29 is 4.79 Å². The van der Waals surface area contributed by atoms with Gasteiger partial charge in [0.15, 0.2) is 5.82 Å². The molecule has 0 unspecified atom stereocenters. The van der Waals surface area contributed by atoms with Gasteiger partial charge in [0.2, 0.25) is 0 Å². The minimum Gasteiger partial charge on any atom is -0.344 e. The van der Waals surface area contributed by atoms with Gasteiger partial charge in [0.05, 0.1) is 6.20 Å². The van der Waals surface area contributed by atoms with Crippen molar-refractivity contribution in [2.24, 2.45) is 0 Å². The van der Waals surface area contributed by atoms with Crippen LogP contribution in [0.4, 0.5) is 5.82 Å². The van der Waals surface area contributed by atoms with Crippen molar-refractivity contribution in [3.05, 3.63) is 39.4 Å². The van der Waals surface area contributed by atoms with E-state index < -0.39 is 0 Å². The number of anilines is 1. The van der Waals surface area contributed by atoms with Gasteiger partial charge in [-0.3, -0.25) is 4.79 Å². The number of carbonyl (C=O) groups excluding carboxylic acids is 1. The summed E-state index contributed by atoms with van der Waals surface area (Å²) >= 11 is 6.45. The van der Waals surface area contributed by atoms with Crippen LogP contribution in [-0.2, 0) is 6.54 Å². The van der Waals surface area contributed by atoms with E-state index in [2.05, 4.69) is 47.1 Å². The first kappa shape index (κ1) is 13.2. The molecule has 0 radical (unpaired) electrons. The summed E-state index contributed by atoms with van der Waals surface area (Å²) in [7, 11) is 0. The van der Waals surface area contributed by atoms with Crippen LogP contribution in [0.15, 0.2) is 33.7 Å². The molecule has 5 nitrogen and oxygen atoms in total. The molecule has 0 atom stereocenters. The Bertz CT molecular complexity index is 582. The molecule has 0 spiro atoms. The van der Waals surface area contributed by atoms with Crippen molar-refractivity contribution in [1.82, 2.24) is 14.5 Å². The smallest absolute Gasteiger partial charge is 0.273 e. The number of hydrogen-bond donors (Lipinski definition) is 1. The fraction of sp³-hybridized carbons (Fsp3) is 0.182. The van der Waals surface area contributed by atoms with E-state index in [0.29, 0.717) is 20.7 Å². The standard InChI is InChI=1S/C11H10Br2N4O/c1-2-17-5-3-4-7(17)11(18)16-10-9(13)15-8(12)6-14-10/h3-6H,2H2,1H3,(H,14,16,18). The molecule has 2 rings (SSSR count). The number of nitrogens with one attached hydrogen (secondary N) is 1. The molecule has 0 aromatic carbocycles. The lowest BCUT2D eigenvalue weighted by Crippen LogP contribution is -2.17. The van der Waals surface area contributed by atoms with E-state index >= 15 is 0 Å². The van der Waals surface area contributed by atoms with Crippen LogP contribution in [0.5, 0.6) is 0 Å². The summed E-state index contributed by atoms with van der Waals surface area (Å²) in [4.78, 5) is 20.2. The molecule has 2 heterocycles. The lowest BCUT2D eigenvalue weighted by Gasteiger charge is -2.08. The Morgan fingerprint density at radius 1 is 1.50 bits per heavy atom. The fourth-order valence-electron chi connectivity index (χ4n) is 1.50. The highest BCUT2D eigenvalue weighted by Crippen LogP contribution is 2.20. The summed E-state index contributed by atoms with van der Waals surface area (Å²) in [6.07, 6.45) is 3.39. The van der Waals surface area contributed by atoms with E-state index in [4.69, 9.17) is 0 Å². The molecule has 0 saturated heterocycles. The Hall–Kier alpha value is -1.21. The van der Waals surface area contributed by atoms with E-state index in [9.17, 15) is 4.79 Å². The van der Waals surface area contributed by atoms with Crippen molar-refractivity contribution in [3.63, 3.8) is 0 Å². The molecule has 1 amide bonds. The maximum atomic E-state index is 12.1. The molecule has 1 N–H and O–H groups in total. The number of carbonyl (C=O) groups is 1. The highest BCUT2D eigenvalue weighted by Gasteiger charge is 2.13. The molecule has 2 aromatic rings. The molecular formula is C11H10Br2N4O. The maximum absolute atomic E-state index is 12.1. The summed E-state index contributed by atoms with van der Waals surface area (Å²) < 4.78 is 2.94. The average Bonchev–Trinajstić information content (AvgIpc) is 2.81. The molecule has 0 fully saturated rings. The first-order chi connectivity index (χ1) is 8.61. The molecule has 0 bridgehead atoms. The van der Waals surface area contributed by atoms with Crippen LogP contribution in [0.3, 0.4) is 0 Å². The lowest BCUT2D eigenvalue weighted by atomic mass is 10.4. The monoisotopic (exact) mass is 372 g/mol. The Labute approximate surface area is 121 Å². The van der Waals surface area contributed by atoms with Gasteiger partial charge in [-0.2, -0.15) is 0 Å². The average molecular weight is 374 g/mol. The second-order valence-electron chi connectivity index (χ2n) is 3.47. The first-order valence-corrected chi connectivity index (χ1v) is 6.85. The van der Waals surface area contributed by atoms with Crippen molar-refractivity contribution in [3.8, 4) is 0 Å². The quantitative estimate of drug-likeness (QED) is 0.899. The van der Waals surface area contributed by atoms with Gasteiger partial charge in [-0.15, -0.1) is 0 Å². The third-order valence-electron chi connectivity index (χ3n) is 2.34. The summed E-state index contributed by atoms with van der Waals surface area (Å²) in [6.45, 7) is 2.72. The predicted molar refractivity (Wildman–Crippen MR) is 75.5 cm³/mol. The van der Waals surface area contributed by atoms with Crippen LogP contribution in [0, 0.1) is 0 Å². The minimum atomic E-state index is -0.209. The van der Waals surface area contributed by atoms with Crippen LogP contribution in [-0.4, -0.2) is 20.4 Å². The molecule has 0 aliphatic carbocycles. The third kappa shape index (κ3) is 2.78. The van der Waals surface area contributed by atoms with E-state index in [1.807, 2.05) is 23.8 Å². The normalized spacial score (nSPS) is 10.4. The van der Waals surface area contributed by atoms with Crippen molar-refractivity contribution >= 4 is 43.6 Å². The van der Waals surface area contributed by atoms with Crippen molar-refractivity contribution in [2.45, 2.75) is 13.5 Å². The number of amides is 1. The number of rotatable bonds is 3. The Morgan fingerprint density at radius 2 is 2.28 bits per heavy atom. The van der Waals surface area contributed by atoms with Gasteiger partial charge in [-0.05, 0) is 50.9 Å². The van der Waals surface area contributed by atoms with E-state index in [1.54, 1.807) is 6.07 Å². The number of hydrogen-bond acceptors (Lipinski definition) is 3. The van der Waals surface area contributed by atoms with E-state index in [-0.39, 0.29) is 5.91 Å². The molecule has 18 heavy (non-hydrogen) atoms. The summed E-state index contributed by atoms with van der Waals surface area (Å²) in [6, 6.07) is 3.60. The number of halogens is 2. The van der Waals surface area contributed by atoms with Gasteiger partial charge in [-0.25, -0.2) is 9.97 Å². The zero-order valence-corrected chi connectivity index (χ0v) is 12.7. The van der Waals surface area contributed by atoms with Gasteiger partial charge in [-0.1, -0.05) is 0 Å². The maximum Gasteiger partial charge on any atom is 0.273 e. The third-order valence-corrected chi connectivity index (χ3v) is 3.27. The predicted octanol–water partition coefficient (Wildman–Crippen LogP) is 3.08. The SMILES string of the molecule is CCn1cccc1C(=O)Nc1ncc(Br)nc1Br. The summed E-state index contributed by atoms with van der Waals surface area (Å²) in [5.74, 6) is 0.186. The van der Waals surface area contributed by atoms with Crippen LogP contribution in [0.25, 0.3) is 0 Å². The Morgan fingerprint density at radius 3 is 2.94 bits per heavy atom. The van der Waals surface area contributed by atoms with Crippen LogP contribution < -0.4 is 5.32 Å². The Kier molecular flexibility index (Phi) is 4.13. The highest BCUT2D eigenvalue weighted by atomic mass is 79.9. The zero-order valence-electron chi connectivity index (χ0n) is 9.52. The molecular weight excluding hydrogens is 364 g/mol. The topological polar surface area (TPSA) is 59.8 Å². The van der Waals surface area contributed by atoms with Gasteiger partial charge in [0.25, 0.3) is 5.91 Å². The molecule has 7 heteroatoms. The largest absolute Gasteiger partial charge is 0.344 e. The molecule has 94 valence electrons. The second-order valence-corrected chi connectivity index (χ2v) is 5.03. The van der Waals surface area contributed by atoms with Gasteiger partial charge >= 0.3 is 0 Å². The molecule has 2 aromatic heterocycles. The van der Waals surface area contributed by atoms with Crippen LogP contribution in [0.2, 0.25) is 0 Å². The molecule has 0 saturated carbocycles. The van der Waals surface area contributed by atoms with Crippen molar-refractivity contribution in [1.29, 1.82) is 0 Å². The van der Waals surface area contributed by atoms with Gasteiger partial charge < -0.3 is 9.88 Å². The van der Waals surface area contributed by atoms with Crippen LogP contribution in [0.1, 0.15) is 17.4 Å². The number of aromatic nitrogens is 3. The number of nitrogens with zero attached hydrogens (tertiary/aromatic N) is 3. The minimum absolute atomic E-state index is 0.209. The van der Waals surface area contributed by atoms with Crippen LogP contribution >= 0.6 is 31.9 Å². The molecule has 0 aliphatic heterocycles. The summed E-state index contributed by atoms with van der Waals surface area (Å²) in [5.41, 5.74) is 0.592. The fourth-order valence-corrected chi connectivity index (χ4v) is 2.41. The lowest BCUT2D eigenvalue weighted by molar-refractivity contribution is 0.101.